The Morgan fingerprint density at radius 2 is 2.11 bits per heavy atom. The highest BCUT2D eigenvalue weighted by Crippen LogP contribution is 2.41. The molecule has 10 nitrogen and oxygen atoms in total. The van der Waals surface area contributed by atoms with Crippen LogP contribution in [0.4, 0.5) is 11.6 Å². The third kappa shape index (κ3) is 4.66. The molecule has 4 heterocycles. The van der Waals surface area contributed by atoms with Gasteiger partial charge in [0.25, 0.3) is 5.91 Å². The Bertz CT molecular complexity index is 1540. The molecule has 1 aromatic carbocycles. The molecule has 11 heteroatoms. The minimum atomic E-state index is -0.331. The number of carbonyl (C=O) groups is 2. The number of anilines is 2. The van der Waals surface area contributed by atoms with Crippen LogP contribution in [0.5, 0.6) is 5.75 Å². The average Bonchev–Trinajstić information content (AvgIpc) is 3.36. The van der Waals surface area contributed by atoms with Gasteiger partial charge in [-0.25, -0.2) is 9.97 Å². The summed E-state index contributed by atoms with van der Waals surface area (Å²) in [7, 11) is 1.52. The Kier molecular flexibility index (Phi) is 6.97. The molecule has 0 radical (unpaired) electrons. The number of benzene rings is 1. The Morgan fingerprint density at radius 1 is 1.26 bits per heavy atom. The number of ether oxygens (including phenoxy) is 1. The van der Waals surface area contributed by atoms with Crippen LogP contribution in [0.3, 0.4) is 0 Å². The summed E-state index contributed by atoms with van der Waals surface area (Å²) in [5, 5.41) is 8.67. The van der Waals surface area contributed by atoms with Gasteiger partial charge < -0.3 is 20.7 Å². The van der Waals surface area contributed by atoms with E-state index in [1.54, 1.807) is 47.5 Å². The molecule has 1 aliphatic rings. The van der Waals surface area contributed by atoms with Crippen molar-refractivity contribution in [1.29, 1.82) is 0 Å². The van der Waals surface area contributed by atoms with E-state index >= 15 is 0 Å². The monoisotopic (exact) mass is 531 g/mol. The first-order valence-electron chi connectivity index (χ1n) is 12.1. The van der Waals surface area contributed by atoms with Crippen molar-refractivity contribution in [3.8, 4) is 17.0 Å². The lowest BCUT2D eigenvalue weighted by Gasteiger charge is -2.32. The van der Waals surface area contributed by atoms with E-state index in [4.69, 9.17) is 27.2 Å². The summed E-state index contributed by atoms with van der Waals surface area (Å²) < 4.78 is 7.50. The predicted octanol–water partition coefficient (Wildman–Crippen LogP) is 4.34. The van der Waals surface area contributed by atoms with Crippen molar-refractivity contribution in [2.24, 2.45) is 0 Å². The van der Waals surface area contributed by atoms with Gasteiger partial charge in [0.15, 0.2) is 0 Å². The highest BCUT2D eigenvalue weighted by Gasteiger charge is 2.29. The number of likely N-dealkylation sites (tertiary alicyclic amines) is 1. The summed E-state index contributed by atoms with van der Waals surface area (Å²) in [6, 6.07) is 10.2. The van der Waals surface area contributed by atoms with E-state index in [2.05, 4.69) is 21.9 Å². The van der Waals surface area contributed by atoms with Gasteiger partial charge in [-0.15, -0.1) is 0 Å². The van der Waals surface area contributed by atoms with Gasteiger partial charge in [0.1, 0.15) is 23.1 Å². The minimum Gasteiger partial charge on any atom is -0.496 e. The number of methoxy groups -OCH3 is 1. The Hall–Kier alpha value is -4.44. The summed E-state index contributed by atoms with van der Waals surface area (Å²) in [6.45, 7) is 4.72. The summed E-state index contributed by atoms with van der Waals surface area (Å²) in [5.74, 6) is 0.675. The quantitative estimate of drug-likeness (QED) is 0.354. The Labute approximate surface area is 224 Å². The van der Waals surface area contributed by atoms with Gasteiger partial charge in [-0.1, -0.05) is 24.2 Å². The van der Waals surface area contributed by atoms with E-state index in [1.165, 1.54) is 19.4 Å². The first-order valence-corrected chi connectivity index (χ1v) is 12.4. The number of nitrogens with one attached hydrogen (secondary N) is 1. The highest BCUT2D eigenvalue weighted by molar-refractivity contribution is 6.35. The van der Waals surface area contributed by atoms with E-state index in [-0.39, 0.29) is 23.7 Å². The maximum absolute atomic E-state index is 12.8. The van der Waals surface area contributed by atoms with Crippen LogP contribution in [0, 0.1) is 0 Å². The smallest absolute Gasteiger partial charge is 0.256 e. The zero-order valence-electron chi connectivity index (χ0n) is 20.7. The summed E-state index contributed by atoms with van der Waals surface area (Å²) in [6.07, 6.45) is 6.03. The maximum atomic E-state index is 12.8. The van der Waals surface area contributed by atoms with Gasteiger partial charge in [0.05, 0.1) is 35.3 Å². The summed E-state index contributed by atoms with van der Waals surface area (Å²) >= 11 is 6.63. The van der Waals surface area contributed by atoms with Crippen LogP contribution in [0.25, 0.3) is 22.2 Å². The van der Waals surface area contributed by atoms with Crippen molar-refractivity contribution in [3.63, 3.8) is 0 Å². The second-order valence-corrected chi connectivity index (χ2v) is 9.28. The fourth-order valence-electron chi connectivity index (χ4n) is 4.75. The van der Waals surface area contributed by atoms with Gasteiger partial charge >= 0.3 is 0 Å². The molecule has 1 saturated heterocycles. The lowest BCUT2D eigenvalue weighted by molar-refractivity contribution is -0.127. The van der Waals surface area contributed by atoms with Crippen molar-refractivity contribution < 1.29 is 14.3 Å². The number of rotatable bonds is 6. The molecule has 1 fully saturated rings. The molecular weight excluding hydrogens is 506 g/mol. The molecule has 0 bridgehead atoms. The predicted molar refractivity (Wildman–Crippen MR) is 146 cm³/mol. The second-order valence-electron chi connectivity index (χ2n) is 8.88. The lowest BCUT2D eigenvalue weighted by atomic mass is 10.0. The maximum Gasteiger partial charge on any atom is 0.256 e. The number of pyridine rings is 2. The fourth-order valence-corrected chi connectivity index (χ4v) is 4.98. The van der Waals surface area contributed by atoms with Crippen LogP contribution in [0.15, 0.2) is 61.4 Å². The second kappa shape index (κ2) is 10.5. The molecule has 0 unspecified atom stereocenters. The molecule has 2 amide bonds. The van der Waals surface area contributed by atoms with Crippen molar-refractivity contribution in [3.05, 3.63) is 72.0 Å². The first-order chi connectivity index (χ1) is 18.4. The van der Waals surface area contributed by atoms with Crippen LogP contribution in [-0.4, -0.2) is 56.7 Å². The number of halogens is 1. The molecule has 194 valence electrons. The van der Waals surface area contributed by atoms with Crippen LogP contribution < -0.4 is 15.8 Å². The standard InChI is InChI=1S/C27H26ClN7O3/c1-3-22(36)34-12-6-7-17(15-34)35-25-19(28)14-31-26(29)23(25)24(33-35)18-10-9-16(13-20(18)38-2)27(37)32-21-8-4-5-11-30-21/h3-5,8-11,13-14,17H,1,6-7,12,15H2,2H3,(H2,29,31)(H,30,32,37)/t17-/m1/s1. The van der Waals surface area contributed by atoms with Crippen molar-refractivity contribution in [2.75, 3.05) is 31.2 Å². The van der Waals surface area contributed by atoms with Crippen molar-refractivity contribution in [2.45, 2.75) is 18.9 Å². The fraction of sp³-hybridized carbons (Fsp3) is 0.222. The number of hydrogen-bond donors (Lipinski definition) is 2. The van der Waals surface area contributed by atoms with Crippen LogP contribution in [0.1, 0.15) is 29.2 Å². The normalized spacial score (nSPS) is 15.3. The summed E-state index contributed by atoms with van der Waals surface area (Å²) in [4.78, 5) is 35.3. The SMILES string of the molecule is C=CC(=O)N1CCC[C@@H](n2nc(-c3ccc(C(=O)Nc4ccccn4)cc3OC)c3c(N)ncc(Cl)c32)C1. The number of fused-ring (bicyclic) bond motifs is 1. The van der Waals surface area contributed by atoms with Gasteiger partial charge in [-0.3, -0.25) is 14.3 Å². The number of aromatic nitrogens is 4. The molecule has 1 aliphatic heterocycles. The minimum absolute atomic E-state index is 0.125. The molecule has 1 atom stereocenters. The van der Waals surface area contributed by atoms with E-state index in [9.17, 15) is 9.59 Å². The lowest BCUT2D eigenvalue weighted by Crippen LogP contribution is -2.40. The third-order valence-corrected chi connectivity index (χ3v) is 6.84. The van der Waals surface area contributed by atoms with Crippen molar-refractivity contribution >= 4 is 46.0 Å². The molecule has 4 aromatic rings. The molecule has 3 N–H and O–H groups in total. The van der Waals surface area contributed by atoms with Crippen LogP contribution >= 0.6 is 11.6 Å². The summed E-state index contributed by atoms with van der Waals surface area (Å²) in [5.41, 5.74) is 8.50. The van der Waals surface area contributed by atoms with Crippen LogP contribution in [-0.2, 0) is 4.79 Å². The third-order valence-electron chi connectivity index (χ3n) is 6.56. The topological polar surface area (TPSA) is 128 Å². The largest absolute Gasteiger partial charge is 0.496 e. The Balaban J connectivity index is 1.58. The van der Waals surface area contributed by atoms with Gasteiger partial charge in [0.2, 0.25) is 5.91 Å². The van der Waals surface area contributed by atoms with E-state index in [0.717, 1.165) is 12.8 Å². The Morgan fingerprint density at radius 3 is 2.84 bits per heavy atom. The van der Waals surface area contributed by atoms with Gasteiger partial charge in [0, 0.05) is 30.4 Å². The molecule has 3 aromatic heterocycles. The number of nitrogens with two attached hydrogens (primary N) is 1. The molecular formula is C27H26ClN7O3. The zero-order valence-corrected chi connectivity index (χ0v) is 21.5. The average molecular weight is 532 g/mol. The number of amides is 2. The van der Waals surface area contributed by atoms with Crippen LogP contribution in [0.2, 0.25) is 5.02 Å². The molecule has 0 saturated carbocycles. The van der Waals surface area contributed by atoms with E-state index in [0.29, 0.717) is 57.4 Å². The number of nitrogens with zero attached hydrogens (tertiary/aromatic N) is 5. The molecule has 0 spiro atoms. The number of piperidine rings is 1. The van der Waals surface area contributed by atoms with Crippen molar-refractivity contribution in [1.82, 2.24) is 24.6 Å². The van der Waals surface area contributed by atoms with E-state index in [1.807, 2.05) is 4.68 Å². The van der Waals surface area contributed by atoms with E-state index < -0.39 is 0 Å². The number of nitrogen functional groups attached to an aromatic ring is 1. The molecule has 0 aliphatic carbocycles. The number of hydrogen-bond acceptors (Lipinski definition) is 7. The zero-order chi connectivity index (χ0) is 26.8. The molecule has 5 rings (SSSR count). The first kappa shape index (κ1) is 25.2. The highest BCUT2D eigenvalue weighted by atomic mass is 35.5. The van der Waals surface area contributed by atoms with Gasteiger partial charge in [-0.05, 0) is 49.2 Å². The van der Waals surface area contributed by atoms with Gasteiger partial charge in [-0.2, -0.15) is 5.10 Å². The molecule has 38 heavy (non-hydrogen) atoms. The number of carbonyl (C=O) groups excluding carboxylic acids is 2.